The number of nitrogens with zero attached hydrogens (tertiary/aromatic N) is 1. The summed E-state index contributed by atoms with van der Waals surface area (Å²) >= 11 is 3.39. The molecule has 0 aliphatic carbocycles. The highest BCUT2D eigenvalue weighted by molar-refractivity contribution is 9.10. The average Bonchev–Trinajstić information content (AvgIpc) is 3.25. The van der Waals surface area contributed by atoms with Crippen LogP contribution in [0.15, 0.2) is 75.1 Å². The predicted octanol–water partition coefficient (Wildman–Crippen LogP) is 5.89. The number of carbonyl (C=O) groups excluding carboxylic acids is 3. The minimum Gasteiger partial charge on any atom is -0.457 e. The maximum Gasteiger partial charge on any atom is 0.335 e. The number of anilines is 1. The third-order valence-corrected chi connectivity index (χ3v) is 6.01. The van der Waals surface area contributed by atoms with E-state index in [1.54, 1.807) is 24.3 Å². The molecule has 1 N–H and O–H groups in total. The topological polar surface area (TPSA) is 79.6 Å². The number of benzene rings is 2. The van der Waals surface area contributed by atoms with Crippen LogP contribution in [0, 0.1) is 0 Å². The van der Waals surface area contributed by atoms with Gasteiger partial charge in [0.15, 0.2) is 0 Å². The highest BCUT2D eigenvalue weighted by atomic mass is 79.9. The van der Waals surface area contributed by atoms with Crippen LogP contribution in [0.2, 0.25) is 0 Å². The van der Waals surface area contributed by atoms with Crippen molar-refractivity contribution in [2.45, 2.75) is 26.2 Å². The monoisotopic (exact) mass is 492 g/mol. The lowest BCUT2D eigenvalue weighted by Gasteiger charge is -2.26. The minimum atomic E-state index is -0.775. The predicted molar refractivity (Wildman–Crippen MR) is 126 cm³/mol. The molecule has 32 heavy (non-hydrogen) atoms. The van der Waals surface area contributed by atoms with E-state index in [1.165, 1.54) is 6.08 Å². The van der Waals surface area contributed by atoms with Crippen molar-refractivity contribution >= 4 is 45.5 Å². The van der Waals surface area contributed by atoms with Gasteiger partial charge in [0.25, 0.3) is 11.8 Å². The van der Waals surface area contributed by atoms with Crippen molar-refractivity contribution in [3.63, 3.8) is 0 Å². The van der Waals surface area contributed by atoms with Crippen molar-refractivity contribution in [3.8, 4) is 11.3 Å². The van der Waals surface area contributed by atoms with Gasteiger partial charge in [0.1, 0.15) is 17.1 Å². The Balaban J connectivity index is 1.62. The van der Waals surface area contributed by atoms with Crippen LogP contribution in [0.5, 0.6) is 0 Å². The van der Waals surface area contributed by atoms with Crippen molar-refractivity contribution in [3.05, 3.63) is 82.0 Å². The number of hydrogen-bond donors (Lipinski definition) is 1. The number of nitrogens with one attached hydrogen (secondary N) is 1. The van der Waals surface area contributed by atoms with E-state index in [9.17, 15) is 14.4 Å². The highest BCUT2D eigenvalue weighted by Crippen LogP contribution is 2.28. The van der Waals surface area contributed by atoms with Gasteiger partial charge in [-0.15, -0.1) is 0 Å². The van der Waals surface area contributed by atoms with Gasteiger partial charge in [0.05, 0.1) is 5.69 Å². The van der Waals surface area contributed by atoms with Crippen LogP contribution in [-0.4, -0.2) is 17.8 Å². The largest absolute Gasteiger partial charge is 0.457 e. The fraction of sp³-hybridized carbons (Fsp3) is 0.160. The number of carbonyl (C=O) groups is 3. The molecule has 1 aliphatic rings. The average molecular weight is 493 g/mol. The summed E-state index contributed by atoms with van der Waals surface area (Å²) in [5.74, 6) is -0.152. The van der Waals surface area contributed by atoms with Crippen LogP contribution in [0.25, 0.3) is 17.4 Å². The Morgan fingerprint density at radius 3 is 2.34 bits per heavy atom. The van der Waals surface area contributed by atoms with Gasteiger partial charge < -0.3 is 4.42 Å². The van der Waals surface area contributed by atoms with Crippen LogP contribution >= 0.6 is 15.9 Å². The van der Waals surface area contributed by atoms with E-state index in [2.05, 4.69) is 35.1 Å². The lowest BCUT2D eigenvalue weighted by atomic mass is 9.98. The fourth-order valence-electron chi connectivity index (χ4n) is 3.42. The number of hydrogen-bond acceptors (Lipinski definition) is 4. The lowest BCUT2D eigenvalue weighted by molar-refractivity contribution is -0.122. The van der Waals surface area contributed by atoms with Crippen molar-refractivity contribution in [1.82, 2.24) is 5.32 Å². The molecule has 0 unspecified atom stereocenters. The molecule has 0 spiro atoms. The van der Waals surface area contributed by atoms with E-state index in [4.69, 9.17) is 4.42 Å². The molecule has 162 valence electrons. The molecule has 1 aliphatic heterocycles. The molecule has 6 nitrogen and oxygen atoms in total. The Morgan fingerprint density at radius 1 is 1.00 bits per heavy atom. The number of imide groups is 2. The molecule has 1 fully saturated rings. The zero-order valence-corrected chi connectivity index (χ0v) is 19.2. The van der Waals surface area contributed by atoms with Crippen molar-refractivity contribution < 1.29 is 18.8 Å². The first-order valence-corrected chi connectivity index (χ1v) is 11.0. The zero-order valence-electron chi connectivity index (χ0n) is 17.6. The quantitative estimate of drug-likeness (QED) is 0.355. The SMILES string of the molecule is CC[C@@H](C)c1ccc(N2C(=O)NC(=O)/C(=C/c3ccc(-c4ccc(Br)cc4)o3)C2=O)cc1. The van der Waals surface area contributed by atoms with Crippen LogP contribution in [0.1, 0.15) is 37.5 Å². The Kier molecular flexibility index (Phi) is 6.10. The summed E-state index contributed by atoms with van der Waals surface area (Å²) in [6.45, 7) is 4.21. The molecule has 4 amide bonds. The van der Waals surface area contributed by atoms with Gasteiger partial charge in [0.2, 0.25) is 0 Å². The van der Waals surface area contributed by atoms with Gasteiger partial charge in [0, 0.05) is 10.0 Å². The lowest BCUT2D eigenvalue weighted by Crippen LogP contribution is -2.54. The van der Waals surface area contributed by atoms with Crippen LogP contribution in [0.4, 0.5) is 10.5 Å². The molecule has 0 radical (unpaired) electrons. The maximum absolute atomic E-state index is 13.1. The molecule has 0 bridgehead atoms. The van der Waals surface area contributed by atoms with Crippen molar-refractivity contribution in [2.75, 3.05) is 4.90 Å². The summed E-state index contributed by atoms with van der Waals surface area (Å²) in [4.78, 5) is 38.9. The summed E-state index contributed by atoms with van der Waals surface area (Å²) in [5.41, 5.74) is 2.19. The van der Waals surface area contributed by atoms with Gasteiger partial charge in [-0.05, 0) is 60.4 Å². The standard InChI is InChI=1S/C25H21BrN2O4/c1-3-15(2)16-6-10-19(11-7-16)28-24(30)21(23(29)27-25(28)31)14-20-12-13-22(32-20)17-4-8-18(26)9-5-17/h4-15H,3H2,1-2H3,(H,27,29,31)/b21-14-/t15-/m1/s1. The zero-order chi connectivity index (χ0) is 22.8. The normalized spacial score (nSPS) is 16.4. The smallest absolute Gasteiger partial charge is 0.335 e. The summed E-state index contributed by atoms with van der Waals surface area (Å²) in [6.07, 6.45) is 2.34. The number of amides is 4. The summed E-state index contributed by atoms with van der Waals surface area (Å²) < 4.78 is 6.75. The second kappa shape index (κ2) is 8.96. The fourth-order valence-corrected chi connectivity index (χ4v) is 3.69. The molecule has 3 aromatic rings. The highest BCUT2D eigenvalue weighted by Gasteiger charge is 2.37. The second-order valence-electron chi connectivity index (χ2n) is 7.57. The van der Waals surface area contributed by atoms with Gasteiger partial charge in [-0.25, -0.2) is 9.69 Å². The van der Waals surface area contributed by atoms with Gasteiger partial charge in [-0.3, -0.25) is 14.9 Å². The molecule has 2 aromatic carbocycles. The Morgan fingerprint density at radius 2 is 1.69 bits per heavy atom. The maximum atomic E-state index is 13.1. The third kappa shape index (κ3) is 4.29. The number of barbiturate groups is 1. The van der Waals surface area contributed by atoms with Crippen LogP contribution in [0.3, 0.4) is 0 Å². The van der Waals surface area contributed by atoms with Gasteiger partial charge in [-0.2, -0.15) is 0 Å². The van der Waals surface area contributed by atoms with Crippen molar-refractivity contribution in [1.29, 1.82) is 0 Å². The first-order chi connectivity index (χ1) is 15.4. The van der Waals surface area contributed by atoms with E-state index < -0.39 is 17.8 Å². The van der Waals surface area contributed by atoms with E-state index in [0.717, 1.165) is 26.9 Å². The van der Waals surface area contributed by atoms with Gasteiger partial charge >= 0.3 is 6.03 Å². The van der Waals surface area contributed by atoms with Crippen LogP contribution in [-0.2, 0) is 9.59 Å². The third-order valence-electron chi connectivity index (χ3n) is 5.48. The molecule has 0 saturated carbocycles. The van der Waals surface area contributed by atoms with E-state index in [1.807, 2.05) is 36.4 Å². The molecular formula is C25H21BrN2O4. The van der Waals surface area contributed by atoms with E-state index in [0.29, 0.717) is 23.1 Å². The molecule has 1 saturated heterocycles. The number of furan rings is 1. The molecule has 2 heterocycles. The molecular weight excluding hydrogens is 472 g/mol. The molecule has 4 rings (SSSR count). The minimum absolute atomic E-state index is 0.174. The van der Waals surface area contributed by atoms with E-state index >= 15 is 0 Å². The number of rotatable bonds is 5. The van der Waals surface area contributed by atoms with Gasteiger partial charge in [-0.1, -0.05) is 54.0 Å². The first kappa shape index (κ1) is 21.8. The Labute approximate surface area is 194 Å². The summed E-state index contributed by atoms with van der Waals surface area (Å²) in [6, 6.07) is 17.4. The van der Waals surface area contributed by atoms with Crippen molar-refractivity contribution in [2.24, 2.45) is 0 Å². The number of halogens is 1. The van der Waals surface area contributed by atoms with E-state index in [-0.39, 0.29) is 5.57 Å². The molecule has 1 aromatic heterocycles. The second-order valence-corrected chi connectivity index (χ2v) is 8.48. The summed E-state index contributed by atoms with van der Waals surface area (Å²) in [7, 11) is 0. The molecule has 7 heteroatoms. The van der Waals surface area contributed by atoms with Crippen LogP contribution < -0.4 is 10.2 Å². The Bertz CT molecular complexity index is 1210. The first-order valence-electron chi connectivity index (χ1n) is 10.2. The number of urea groups is 1. The summed E-state index contributed by atoms with van der Waals surface area (Å²) in [5, 5.41) is 2.23. The Hall–Kier alpha value is -3.45. The molecule has 1 atom stereocenters.